The van der Waals surface area contributed by atoms with Crippen LogP contribution in [0.1, 0.15) is 30.3 Å². The van der Waals surface area contributed by atoms with Crippen LogP contribution in [0.2, 0.25) is 0 Å². The van der Waals surface area contributed by atoms with Crippen LogP contribution in [-0.4, -0.2) is 33.9 Å². The maximum absolute atomic E-state index is 12.7. The van der Waals surface area contributed by atoms with Crippen molar-refractivity contribution in [3.05, 3.63) is 59.9 Å². The number of nitrogens with one attached hydrogen (secondary N) is 1. The van der Waals surface area contributed by atoms with E-state index in [-0.39, 0.29) is 18.6 Å². The molecule has 6 heteroatoms. The Morgan fingerprint density at radius 1 is 1.27 bits per heavy atom. The van der Waals surface area contributed by atoms with Crippen LogP contribution in [0.3, 0.4) is 0 Å². The SMILES string of the molecule is N#Cc1ccccc1OCC(=O)N1CCCC1c1nc2ccccc2[nH]1. The third-order valence-electron chi connectivity index (χ3n) is 4.66. The Kier molecular flexibility index (Phi) is 4.28. The molecule has 0 saturated carbocycles. The topological polar surface area (TPSA) is 82.0 Å². The highest BCUT2D eigenvalue weighted by Gasteiger charge is 2.32. The zero-order chi connectivity index (χ0) is 17.9. The number of carbonyl (C=O) groups excluding carboxylic acids is 1. The highest BCUT2D eigenvalue weighted by molar-refractivity contribution is 5.79. The molecule has 6 nitrogen and oxygen atoms in total. The molecule has 130 valence electrons. The summed E-state index contributed by atoms with van der Waals surface area (Å²) >= 11 is 0. The Morgan fingerprint density at radius 3 is 2.92 bits per heavy atom. The fourth-order valence-electron chi connectivity index (χ4n) is 3.39. The molecule has 1 aromatic heterocycles. The van der Waals surface area contributed by atoms with Gasteiger partial charge in [0.05, 0.1) is 22.6 Å². The fraction of sp³-hybridized carbons (Fsp3) is 0.250. The van der Waals surface area contributed by atoms with Crippen LogP contribution in [0, 0.1) is 11.3 Å². The first-order valence-electron chi connectivity index (χ1n) is 8.62. The minimum atomic E-state index is -0.0966. The van der Waals surface area contributed by atoms with Crippen LogP contribution < -0.4 is 4.74 Å². The molecule has 0 radical (unpaired) electrons. The predicted molar refractivity (Wildman–Crippen MR) is 96.4 cm³/mol. The summed E-state index contributed by atoms with van der Waals surface area (Å²) in [6, 6.07) is 16.8. The molecule has 1 aliphatic heterocycles. The van der Waals surface area contributed by atoms with Gasteiger partial charge in [0.1, 0.15) is 17.6 Å². The number of para-hydroxylation sites is 3. The third-order valence-corrected chi connectivity index (χ3v) is 4.66. The Balaban J connectivity index is 1.49. The van der Waals surface area contributed by atoms with Gasteiger partial charge in [-0.25, -0.2) is 4.98 Å². The van der Waals surface area contributed by atoms with Crippen molar-refractivity contribution < 1.29 is 9.53 Å². The molecule has 1 amide bonds. The molecule has 1 fully saturated rings. The van der Waals surface area contributed by atoms with Crippen molar-refractivity contribution in [3.8, 4) is 11.8 Å². The van der Waals surface area contributed by atoms with E-state index in [0.717, 1.165) is 29.7 Å². The Labute approximate surface area is 151 Å². The summed E-state index contributed by atoms with van der Waals surface area (Å²) in [5.41, 5.74) is 2.30. The molecule has 3 aromatic rings. The molecule has 1 N–H and O–H groups in total. The van der Waals surface area contributed by atoms with Gasteiger partial charge in [0.25, 0.3) is 5.91 Å². The number of rotatable bonds is 4. The van der Waals surface area contributed by atoms with E-state index >= 15 is 0 Å². The average Bonchev–Trinajstić information content (AvgIpc) is 3.32. The Morgan fingerprint density at radius 2 is 2.08 bits per heavy atom. The molecule has 1 aliphatic rings. The predicted octanol–water partition coefficient (Wildman–Crippen LogP) is 3.18. The zero-order valence-corrected chi connectivity index (χ0v) is 14.2. The van der Waals surface area contributed by atoms with Crippen molar-refractivity contribution >= 4 is 16.9 Å². The summed E-state index contributed by atoms with van der Waals surface area (Å²) in [4.78, 5) is 22.5. The lowest BCUT2D eigenvalue weighted by Gasteiger charge is -2.23. The van der Waals surface area contributed by atoms with Gasteiger partial charge in [-0.3, -0.25) is 4.79 Å². The molecule has 2 heterocycles. The van der Waals surface area contributed by atoms with Gasteiger partial charge in [-0.05, 0) is 37.1 Å². The quantitative estimate of drug-likeness (QED) is 0.786. The van der Waals surface area contributed by atoms with Gasteiger partial charge in [-0.2, -0.15) is 5.26 Å². The third kappa shape index (κ3) is 3.00. The van der Waals surface area contributed by atoms with Crippen LogP contribution >= 0.6 is 0 Å². The second kappa shape index (κ2) is 6.89. The van der Waals surface area contributed by atoms with Gasteiger partial charge < -0.3 is 14.6 Å². The first-order valence-corrected chi connectivity index (χ1v) is 8.62. The standard InChI is InChI=1S/C20H18N4O2/c21-12-14-6-1-4-10-18(14)26-13-19(25)24-11-5-9-17(24)20-22-15-7-2-3-8-16(15)23-20/h1-4,6-8,10,17H,5,9,11,13H2,(H,22,23). The lowest BCUT2D eigenvalue weighted by molar-refractivity contribution is -0.134. The van der Waals surface area contributed by atoms with Crippen LogP contribution in [0.15, 0.2) is 48.5 Å². The minimum Gasteiger partial charge on any atom is -0.482 e. The van der Waals surface area contributed by atoms with Crippen molar-refractivity contribution in [1.82, 2.24) is 14.9 Å². The summed E-state index contributed by atoms with van der Waals surface area (Å²) < 4.78 is 5.60. The van der Waals surface area contributed by atoms with Crippen LogP contribution in [-0.2, 0) is 4.79 Å². The molecule has 1 saturated heterocycles. The van der Waals surface area contributed by atoms with Gasteiger partial charge in [0.2, 0.25) is 0 Å². The number of aromatic nitrogens is 2. The number of imidazole rings is 1. The molecule has 1 atom stereocenters. The van der Waals surface area contributed by atoms with Crippen molar-refractivity contribution in [2.75, 3.05) is 13.2 Å². The highest BCUT2D eigenvalue weighted by atomic mass is 16.5. The van der Waals surface area contributed by atoms with Gasteiger partial charge in [0.15, 0.2) is 6.61 Å². The number of benzene rings is 2. The molecule has 1 unspecified atom stereocenters. The molecule has 26 heavy (non-hydrogen) atoms. The van der Waals surface area contributed by atoms with Gasteiger partial charge >= 0.3 is 0 Å². The molecular weight excluding hydrogens is 328 g/mol. The number of nitrogens with zero attached hydrogens (tertiary/aromatic N) is 3. The largest absolute Gasteiger partial charge is 0.482 e. The molecule has 0 bridgehead atoms. The lowest BCUT2D eigenvalue weighted by Crippen LogP contribution is -2.35. The number of amides is 1. The van der Waals surface area contributed by atoms with Gasteiger partial charge in [-0.15, -0.1) is 0 Å². The van der Waals surface area contributed by atoms with Crippen molar-refractivity contribution in [3.63, 3.8) is 0 Å². The zero-order valence-electron chi connectivity index (χ0n) is 14.2. The van der Waals surface area contributed by atoms with Crippen LogP contribution in [0.25, 0.3) is 11.0 Å². The first kappa shape index (κ1) is 16.2. The van der Waals surface area contributed by atoms with Crippen molar-refractivity contribution in [2.24, 2.45) is 0 Å². The van der Waals surface area contributed by atoms with Crippen LogP contribution in [0.5, 0.6) is 5.75 Å². The van der Waals surface area contributed by atoms with E-state index in [9.17, 15) is 4.79 Å². The van der Waals surface area contributed by atoms with Crippen molar-refractivity contribution in [2.45, 2.75) is 18.9 Å². The summed E-state index contributed by atoms with van der Waals surface area (Å²) in [5.74, 6) is 1.15. The average molecular weight is 346 g/mol. The lowest BCUT2D eigenvalue weighted by atomic mass is 10.2. The number of likely N-dealkylation sites (tertiary alicyclic amines) is 1. The monoisotopic (exact) mass is 346 g/mol. The number of aromatic amines is 1. The fourth-order valence-corrected chi connectivity index (χ4v) is 3.39. The van der Waals surface area contributed by atoms with E-state index in [1.807, 2.05) is 29.2 Å². The van der Waals surface area contributed by atoms with E-state index in [0.29, 0.717) is 17.9 Å². The Bertz CT molecular complexity index is 956. The smallest absolute Gasteiger partial charge is 0.261 e. The number of ether oxygens (including phenoxy) is 1. The Hall–Kier alpha value is -3.33. The second-order valence-corrected chi connectivity index (χ2v) is 6.28. The molecular formula is C20H18N4O2. The number of nitriles is 1. The normalized spacial score (nSPS) is 16.6. The highest BCUT2D eigenvalue weighted by Crippen LogP contribution is 2.31. The summed E-state index contributed by atoms with van der Waals surface area (Å²) in [6.45, 7) is 0.596. The minimum absolute atomic E-state index is 0.0651. The second-order valence-electron chi connectivity index (χ2n) is 6.28. The maximum Gasteiger partial charge on any atom is 0.261 e. The first-order chi connectivity index (χ1) is 12.8. The van der Waals surface area contributed by atoms with Gasteiger partial charge in [0, 0.05) is 6.54 Å². The molecule has 2 aromatic carbocycles. The number of H-pyrrole nitrogens is 1. The van der Waals surface area contributed by atoms with E-state index < -0.39 is 0 Å². The van der Waals surface area contributed by atoms with E-state index in [1.54, 1.807) is 24.3 Å². The number of fused-ring (bicyclic) bond motifs is 1. The maximum atomic E-state index is 12.7. The number of hydrogen-bond donors (Lipinski definition) is 1. The number of carbonyl (C=O) groups is 1. The molecule has 0 spiro atoms. The summed E-state index contributed by atoms with van der Waals surface area (Å²) in [5, 5.41) is 9.12. The summed E-state index contributed by atoms with van der Waals surface area (Å²) in [7, 11) is 0. The summed E-state index contributed by atoms with van der Waals surface area (Å²) in [6.07, 6.45) is 1.81. The molecule has 0 aliphatic carbocycles. The van der Waals surface area contributed by atoms with E-state index in [4.69, 9.17) is 10.00 Å². The number of hydrogen-bond acceptors (Lipinski definition) is 4. The van der Waals surface area contributed by atoms with E-state index in [2.05, 4.69) is 16.0 Å². The van der Waals surface area contributed by atoms with Crippen LogP contribution in [0.4, 0.5) is 0 Å². The van der Waals surface area contributed by atoms with E-state index in [1.165, 1.54) is 0 Å². The van der Waals surface area contributed by atoms with Crippen molar-refractivity contribution in [1.29, 1.82) is 5.26 Å². The molecule has 4 rings (SSSR count). The van der Waals surface area contributed by atoms with Gasteiger partial charge in [-0.1, -0.05) is 24.3 Å².